The lowest BCUT2D eigenvalue weighted by molar-refractivity contribution is -0.126. The van der Waals surface area contributed by atoms with E-state index < -0.39 is 5.91 Å². The maximum atomic E-state index is 12.8. The molecular formula is C20H24ClN5O4S. The second-order valence-electron chi connectivity index (χ2n) is 7.10. The first-order valence-corrected chi connectivity index (χ1v) is 11.1. The molecule has 11 heteroatoms. The molecule has 0 bridgehead atoms. The van der Waals surface area contributed by atoms with Crippen LogP contribution in [0.15, 0.2) is 24.3 Å². The number of nitrogens with one attached hydrogen (secondary N) is 2. The number of hydrogen-bond donors (Lipinski definition) is 2. The van der Waals surface area contributed by atoms with Crippen LogP contribution in [0.2, 0.25) is 5.02 Å². The number of carbonyl (C=O) groups excluding carboxylic acids is 3. The van der Waals surface area contributed by atoms with E-state index in [1.54, 1.807) is 36.3 Å². The zero-order chi connectivity index (χ0) is 22.2. The van der Waals surface area contributed by atoms with Crippen LogP contribution in [0.5, 0.6) is 0 Å². The molecule has 1 fully saturated rings. The summed E-state index contributed by atoms with van der Waals surface area (Å²) in [7, 11) is 1.62. The molecule has 0 spiro atoms. The minimum Gasteiger partial charge on any atom is -0.385 e. The van der Waals surface area contributed by atoms with Gasteiger partial charge in [0.05, 0.1) is 5.92 Å². The lowest BCUT2D eigenvalue weighted by Gasteiger charge is -2.31. The van der Waals surface area contributed by atoms with Crippen LogP contribution in [0, 0.1) is 5.92 Å². The van der Waals surface area contributed by atoms with Gasteiger partial charge in [0.2, 0.25) is 15.9 Å². The SMILES string of the molecule is COCCCNC(=O)[C@@H]1CCCN(C(=O)c2nnc(C(=O)Nc3cccc(Cl)c3)s2)C1. The van der Waals surface area contributed by atoms with Crippen LogP contribution in [-0.4, -0.2) is 66.2 Å². The fourth-order valence-electron chi connectivity index (χ4n) is 3.24. The van der Waals surface area contributed by atoms with E-state index in [1.165, 1.54) is 0 Å². The standard InChI is InChI=1S/C20H24ClN5O4S/c1-30-10-4-8-22-16(27)13-5-3-9-26(12-13)20(29)19-25-24-18(31-19)17(28)23-15-7-2-6-14(21)11-15/h2,6-7,11,13H,3-5,8-10,12H2,1H3,(H,22,27)(H,23,28)/t13-/m1/s1. The summed E-state index contributed by atoms with van der Waals surface area (Å²) in [5.74, 6) is -1.12. The predicted molar refractivity (Wildman–Crippen MR) is 117 cm³/mol. The molecule has 31 heavy (non-hydrogen) atoms. The van der Waals surface area contributed by atoms with Gasteiger partial charge in [0.15, 0.2) is 0 Å². The van der Waals surface area contributed by atoms with E-state index >= 15 is 0 Å². The Morgan fingerprint density at radius 1 is 1.29 bits per heavy atom. The van der Waals surface area contributed by atoms with Gasteiger partial charge in [-0.15, -0.1) is 10.2 Å². The molecule has 1 atom stereocenters. The third-order valence-electron chi connectivity index (χ3n) is 4.79. The van der Waals surface area contributed by atoms with Crippen molar-refractivity contribution in [3.63, 3.8) is 0 Å². The van der Waals surface area contributed by atoms with Gasteiger partial charge >= 0.3 is 0 Å². The van der Waals surface area contributed by atoms with Crippen molar-refractivity contribution in [2.45, 2.75) is 19.3 Å². The van der Waals surface area contributed by atoms with Crippen molar-refractivity contribution >= 4 is 46.3 Å². The Balaban J connectivity index is 1.57. The second-order valence-corrected chi connectivity index (χ2v) is 8.52. The van der Waals surface area contributed by atoms with Crippen LogP contribution >= 0.6 is 22.9 Å². The van der Waals surface area contributed by atoms with E-state index in [0.717, 1.165) is 30.6 Å². The molecule has 166 valence electrons. The number of amides is 3. The third-order valence-corrected chi connectivity index (χ3v) is 5.93. The molecule has 1 aromatic heterocycles. The fraction of sp³-hybridized carbons (Fsp3) is 0.450. The Labute approximate surface area is 189 Å². The van der Waals surface area contributed by atoms with Crippen LogP contribution < -0.4 is 10.6 Å². The normalized spacial score (nSPS) is 16.1. The third kappa shape index (κ3) is 6.46. The van der Waals surface area contributed by atoms with Crippen molar-refractivity contribution in [2.75, 3.05) is 38.7 Å². The van der Waals surface area contributed by atoms with Gasteiger partial charge in [-0.05, 0) is 37.5 Å². The van der Waals surface area contributed by atoms with Gasteiger partial charge < -0.3 is 20.3 Å². The van der Waals surface area contributed by atoms with Gasteiger partial charge in [-0.3, -0.25) is 14.4 Å². The van der Waals surface area contributed by atoms with Crippen LogP contribution in [0.4, 0.5) is 5.69 Å². The molecule has 1 aliphatic heterocycles. The monoisotopic (exact) mass is 465 g/mol. The summed E-state index contributed by atoms with van der Waals surface area (Å²) >= 11 is 6.84. The molecule has 1 saturated heterocycles. The van der Waals surface area contributed by atoms with E-state index in [0.29, 0.717) is 37.0 Å². The van der Waals surface area contributed by atoms with Crippen LogP contribution in [-0.2, 0) is 9.53 Å². The summed E-state index contributed by atoms with van der Waals surface area (Å²) in [6.45, 7) is 1.98. The minimum absolute atomic E-state index is 0.0625. The number of nitrogens with zero attached hydrogens (tertiary/aromatic N) is 3. The van der Waals surface area contributed by atoms with Crippen molar-refractivity contribution in [1.82, 2.24) is 20.4 Å². The van der Waals surface area contributed by atoms with E-state index in [2.05, 4.69) is 20.8 Å². The predicted octanol–water partition coefficient (Wildman–Crippen LogP) is 2.45. The minimum atomic E-state index is -0.467. The Bertz CT molecular complexity index is 938. The lowest BCUT2D eigenvalue weighted by Crippen LogP contribution is -2.45. The number of halogens is 1. The maximum Gasteiger partial charge on any atom is 0.286 e. The number of carbonyl (C=O) groups is 3. The highest BCUT2D eigenvalue weighted by Crippen LogP contribution is 2.21. The Morgan fingerprint density at radius 2 is 2.10 bits per heavy atom. The highest BCUT2D eigenvalue weighted by atomic mass is 35.5. The smallest absolute Gasteiger partial charge is 0.286 e. The van der Waals surface area contributed by atoms with Gasteiger partial charge in [-0.2, -0.15) is 0 Å². The molecule has 1 aromatic carbocycles. The van der Waals surface area contributed by atoms with Crippen molar-refractivity contribution in [3.8, 4) is 0 Å². The molecule has 2 aromatic rings. The summed E-state index contributed by atoms with van der Waals surface area (Å²) in [4.78, 5) is 39.2. The number of methoxy groups -OCH3 is 1. The van der Waals surface area contributed by atoms with E-state index in [-0.39, 0.29) is 27.7 Å². The van der Waals surface area contributed by atoms with E-state index in [1.807, 2.05) is 0 Å². The number of piperidine rings is 1. The number of ether oxygens (including phenoxy) is 1. The van der Waals surface area contributed by atoms with Gasteiger partial charge in [0.1, 0.15) is 0 Å². The zero-order valence-electron chi connectivity index (χ0n) is 17.1. The van der Waals surface area contributed by atoms with Crippen molar-refractivity contribution in [1.29, 1.82) is 0 Å². The second kappa shape index (κ2) is 11.2. The Kier molecular flexibility index (Phi) is 8.33. The highest BCUT2D eigenvalue weighted by molar-refractivity contribution is 7.15. The molecule has 3 amide bonds. The molecule has 3 rings (SSSR count). The summed E-state index contributed by atoms with van der Waals surface area (Å²) < 4.78 is 4.97. The Morgan fingerprint density at radius 3 is 2.87 bits per heavy atom. The van der Waals surface area contributed by atoms with Crippen LogP contribution in [0.1, 0.15) is 38.9 Å². The van der Waals surface area contributed by atoms with E-state index in [9.17, 15) is 14.4 Å². The number of aromatic nitrogens is 2. The zero-order valence-corrected chi connectivity index (χ0v) is 18.7. The largest absolute Gasteiger partial charge is 0.385 e. The number of benzene rings is 1. The number of likely N-dealkylation sites (tertiary alicyclic amines) is 1. The van der Waals surface area contributed by atoms with E-state index in [4.69, 9.17) is 16.3 Å². The Hall–Kier alpha value is -2.56. The maximum absolute atomic E-state index is 12.8. The first-order chi connectivity index (χ1) is 15.0. The van der Waals surface area contributed by atoms with Crippen molar-refractivity contribution in [2.24, 2.45) is 5.92 Å². The summed E-state index contributed by atoms with van der Waals surface area (Å²) in [6.07, 6.45) is 2.19. The molecule has 0 saturated carbocycles. The van der Waals surface area contributed by atoms with Crippen LogP contribution in [0.25, 0.3) is 0 Å². The molecule has 2 N–H and O–H groups in total. The van der Waals surface area contributed by atoms with Crippen molar-refractivity contribution in [3.05, 3.63) is 39.3 Å². The number of rotatable bonds is 8. The average Bonchev–Trinajstić information content (AvgIpc) is 3.27. The van der Waals surface area contributed by atoms with Gasteiger partial charge in [0, 0.05) is 44.1 Å². The topological polar surface area (TPSA) is 114 Å². The van der Waals surface area contributed by atoms with Gasteiger partial charge in [-0.25, -0.2) is 0 Å². The molecule has 0 unspecified atom stereocenters. The first kappa shape index (κ1) is 23.1. The lowest BCUT2D eigenvalue weighted by atomic mass is 9.97. The highest BCUT2D eigenvalue weighted by Gasteiger charge is 2.30. The summed E-state index contributed by atoms with van der Waals surface area (Å²) in [5, 5.41) is 14.0. The van der Waals surface area contributed by atoms with Crippen molar-refractivity contribution < 1.29 is 19.1 Å². The van der Waals surface area contributed by atoms with Gasteiger partial charge in [0.25, 0.3) is 11.8 Å². The molecule has 0 aliphatic carbocycles. The molecule has 0 radical (unpaired) electrons. The summed E-state index contributed by atoms with van der Waals surface area (Å²) in [5.41, 5.74) is 0.524. The molecule has 2 heterocycles. The molecule has 1 aliphatic rings. The van der Waals surface area contributed by atoms with Crippen LogP contribution in [0.3, 0.4) is 0 Å². The summed E-state index contributed by atoms with van der Waals surface area (Å²) in [6, 6.07) is 6.73. The first-order valence-electron chi connectivity index (χ1n) is 9.94. The molecule has 9 nitrogen and oxygen atoms in total. The number of hydrogen-bond acceptors (Lipinski definition) is 7. The quantitative estimate of drug-likeness (QED) is 0.579. The fourth-order valence-corrected chi connectivity index (χ4v) is 4.13. The number of anilines is 1. The average molecular weight is 466 g/mol. The van der Waals surface area contributed by atoms with Gasteiger partial charge in [-0.1, -0.05) is 29.0 Å². The molecular weight excluding hydrogens is 442 g/mol.